The van der Waals surface area contributed by atoms with E-state index in [9.17, 15) is 14.7 Å². The van der Waals surface area contributed by atoms with Crippen LogP contribution < -0.4 is 0 Å². The van der Waals surface area contributed by atoms with Crippen molar-refractivity contribution in [3.8, 4) is 0 Å². The second kappa shape index (κ2) is 6.02. The highest BCUT2D eigenvalue weighted by Gasteiger charge is 2.35. The second-order valence-electron chi connectivity index (χ2n) is 5.08. The van der Waals surface area contributed by atoms with Gasteiger partial charge >= 0.3 is 5.97 Å². The highest BCUT2D eigenvalue weighted by molar-refractivity contribution is 5.90. The maximum atomic E-state index is 12.2. The molecule has 1 heterocycles. The van der Waals surface area contributed by atoms with Gasteiger partial charge in [0.1, 0.15) is 0 Å². The summed E-state index contributed by atoms with van der Waals surface area (Å²) < 4.78 is 0. The van der Waals surface area contributed by atoms with Gasteiger partial charge in [-0.3, -0.25) is 4.79 Å². The number of hydrogen-bond acceptors (Lipinski definition) is 3. The Hall–Kier alpha value is -1.62. The van der Waals surface area contributed by atoms with E-state index in [0.29, 0.717) is 18.7 Å². The maximum Gasteiger partial charge on any atom is 0.333 e. The van der Waals surface area contributed by atoms with E-state index >= 15 is 0 Å². The Balaban J connectivity index is 3.20. The molecule has 1 fully saturated rings. The van der Waals surface area contributed by atoms with Gasteiger partial charge in [-0.25, -0.2) is 4.79 Å². The summed E-state index contributed by atoms with van der Waals surface area (Å²) >= 11 is 0. The number of nitrogens with zero attached hydrogens (tertiary/aromatic N) is 2. The maximum absolute atomic E-state index is 12.2. The van der Waals surface area contributed by atoms with E-state index in [4.69, 9.17) is 0 Å². The molecular formula is C14H22N2O3. The molecular weight excluding hydrogens is 244 g/mol. The monoisotopic (exact) mass is 266 g/mol. The lowest BCUT2D eigenvalue weighted by Gasteiger charge is -2.30. The van der Waals surface area contributed by atoms with Crippen molar-refractivity contribution in [2.45, 2.75) is 26.3 Å². The molecule has 1 saturated heterocycles. The zero-order valence-electron chi connectivity index (χ0n) is 12.0. The Morgan fingerprint density at radius 1 is 1.58 bits per heavy atom. The molecule has 0 aromatic heterocycles. The Morgan fingerprint density at radius 2 is 2.16 bits per heavy atom. The first-order valence-corrected chi connectivity index (χ1v) is 6.35. The molecule has 1 aliphatic heterocycles. The van der Waals surface area contributed by atoms with E-state index < -0.39 is 5.97 Å². The van der Waals surface area contributed by atoms with E-state index in [1.54, 1.807) is 17.9 Å². The number of carbonyl (C=O) groups excluding carboxylic acids is 1. The molecule has 1 aliphatic rings. The second-order valence-corrected chi connectivity index (χ2v) is 5.08. The molecule has 19 heavy (non-hydrogen) atoms. The highest BCUT2D eigenvalue weighted by Crippen LogP contribution is 2.27. The molecule has 0 bridgehead atoms. The quantitative estimate of drug-likeness (QED) is 0.602. The van der Waals surface area contributed by atoms with E-state index in [0.717, 1.165) is 0 Å². The molecule has 5 heteroatoms. The number of likely N-dealkylation sites (tertiary alicyclic amines) is 1. The van der Waals surface area contributed by atoms with Crippen molar-refractivity contribution >= 4 is 11.9 Å². The first-order valence-electron chi connectivity index (χ1n) is 6.35. The number of carboxylic acids is 1. The molecule has 1 amide bonds. The van der Waals surface area contributed by atoms with Crippen molar-refractivity contribution in [3.63, 3.8) is 0 Å². The van der Waals surface area contributed by atoms with Gasteiger partial charge in [0.25, 0.3) is 0 Å². The SMILES string of the molecule is C=CC1CCN(/C(=C(\C)C(=O)O)C(C)N(C)C)C1=O. The standard InChI is InChI=1S/C14H22N2O3/c1-6-11-7-8-16(13(11)17)12(9(2)14(18)19)10(3)15(4)5/h6,10-11H,1,7-8H2,2-5H3,(H,18,19)/b12-9+. The van der Waals surface area contributed by atoms with Gasteiger partial charge in [0.2, 0.25) is 5.91 Å². The number of likely N-dealkylation sites (N-methyl/N-ethyl adjacent to an activating group) is 1. The van der Waals surface area contributed by atoms with Crippen LogP contribution in [0, 0.1) is 5.92 Å². The van der Waals surface area contributed by atoms with Gasteiger partial charge in [0.05, 0.1) is 11.5 Å². The Morgan fingerprint density at radius 3 is 2.53 bits per heavy atom. The predicted octanol–water partition coefficient (Wildman–Crippen LogP) is 1.33. The third kappa shape index (κ3) is 3.04. The zero-order chi connectivity index (χ0) is 14.7. The number of hydrogen-bond donors (Lipinski definition) is 1. The van der Waals surface area contributed by atoms with Crippen LogP contribution in [0.4, 0.5) is 0 Å². The summed E-state index contributed by atoms with van der Waals surface area (Å²) in [6.07, 6.45) is 2.33. The molecule has 2 unspecified atom stereocenters. The molecule has 5 nitrogen and oxygen atoms in total. The van der Waals surface area contributed by atoms with Crippen LogP contribution in [0.25, 0.3) is 0 Å². The van der Waals surface area contributed by atoms with Crippen LogP contribution in [-0.4, -0.2) is 53.5 Å². The summed E-state index contributed by atoms with van der Waals surface area (Å²) in [6, 6.07) is -0.136. The lowest BCUT2D eigenvalue weighted by atomic mass is 10.1. The first-order chi connectivity index (χ1) is 8.81. The summed E-state index contributed by atoms with van der Waals surface area (Å²) in [5.74, 6) is -1.25. The Bertz CT molecular complexity index is 426. The van der Waals surface area contributed by atoms with Crippen molar-refractivity contribution in [1.82, 2.24) is 9.80 Å². The minimum atomic E-state index is -0.987. The van der Waals surface area contributed by atoms with Crippen LogP contribution in [0.3, 0.4) is 0 Å². The molecule has 106 valence electrons. The van der Waals surface area contributed by atoms with Gasteiger partial charge in [0, 0.05) is 18.3 Å². The third-order valence-corrected chi connectivity index (χ3v) is 3.70. The normalized spacial score (nSPS) is 22.5. The summed E-state index contributed by atoms with van der Waals surface area (Å²) in [4.78, 5) is 27.0. The smallest absolute Gasteiger partial charge is 0.333 e. The largest absolute Gasteiger partial charge is 0.478 e. The molecule has 0 aromatic carbocycles. The van der Waals surface area contributed by atoms with Gasteiger partial charge in [0.15, 0.2) is 0 Å². The van der Waals surface area contributed by atoms with E-state index in [1.807, 2.05) is 25.9 Å². The van der Waals surface area contributed by atoms with Gasteiger partial charge in [-0.15, -0.1) is 6.58 Å². The number of amides is 1. The summed E-state index contributed by atoms with van der Waals surface area (Å²) in [6.45, 7) is 7.65. The minimum Gasteiger partial charge on any atom is -0.478 e. The Kier molecular flexibility index (Phi) is 4.89. The van der Waals surface area contributed by atoms with Crippen LogP contribution >= 0.6 is 0 Å². The lowest BCUT2D eigenvalue weighted by molar-refractivity contribution is -0.132. The van der Waals surface area contributed by atoms with E-state index in [1.165, 1.54) is 0 Å². The number of carbonyl (C=O) groups is 2. The van der Waals surface area contributed by atoms with E-state index in [2.05, 4.69) is 6.58 Å². The zero-order valence-corrected chi connectivity index (χ0v) is 12.0. The molecule has 0 aliphatic carbocycles. The molecule has 1 rings (SSSR count). The van der Waals surface area contributed by atoms with Crippen molar-refractivity contribution in [3.05, 3.63) is 23.9 Å². The fraction of sp³-hybridized carbons (Fsp3) is 0.571. The third-order valence-electron chi connectivity index (χ3n) is 3.70. The van der Waals surface area contributed by atoms with Crippen LogP contribution in [-0.2, 0) is 9.59 Å². The van der Waals surface area contributed by atoms with Gasteiger partial charge in [-0.05, 0) is 34.4 Å². The minimum absolute atomic E-state index is 0.0562. The van der Waals surface area contributed by atoms with Crippen molar-refractivity contribution in [2.75, 3.05) is 20.6 Å². The van der Waals surface area contributed by atoms with Crippen molar-refractivity contribution in [2.24, 2.45) is 5.92 Å². The fourth-order valence-corrected chi connectivity index (χ4v) is 2.26. The molecule has 0 spiro atoms. The molecule has 1 N–H and O–H groups in total. The highest BCUT2D eigenvalue weighted by atomic mass is 16.4. The fourth-order valence-electron chi connectivity index (χ4n) is 2.26. The van der Waals surface area contributed by atoms with Crippen LogP contribution in [0.15, 0.2) is 23.9 Å². The molecule has 0 saturated carbocycles. The van der Waals surface area contributed by atoms with Gasteiger partial charge in [-0.2, -0.15) is 0 Å². The predicted molar refractivity (Wildman–Crippen MR) is 73.5 cm³/mol. The average molecular weight is 266 g/mol. The number of aliphatic carboxylic acids is 1. The molecule has 0 radical (unpaired) electrons. The summed E-state index contributed by atoms with van der Waals surface area (Å²) in [5.41, 5.74) is 0.797. The molecule has 0 aromatic rings. The van der Waals surface area contributed by atoms with Crippen LogP contribution in [0.2, 0.25) is 0 Å². The van der Waals surface area contributed by atoms with Crippen molar-refractivity contribution < 1.29 is 14.7 Å². The number of rotatable bonds is 5. The van der Waals surface area contributed by atoms with Gasteiger partial charge < -0.3 is 14.9 Å². The summed E-state index contributed by atoms with van der Waals surface area (Å²) in [5, 5.41) is 9.22. The van der Waals surface area contributed by atoms with E-state index in [-0.39, 0.29) is 23.4 Å². The van der Waals surface area contributed by atoms with Crippen LogP contribution in [0.5, 0.6) is 0 Å². The first kappa shape index (κ1) is 15.4. The van der Waals surface area contributed by atoms with Gasteiger partial charge in [-0.1, -0.05) is 6.08 Å². The average Bonchev–Trinajstić information content (AvgIpc) is 2.70. The summed E-state index contributed by atoms with van der Waals surface area (Å²) in [7, 11) is 3.73. The topological polar surface area (TPSA) is 60.9 Å². The number of carboxylic acid groups (broad SMARTS) is 1. The lowest BCUT2D eigenvalue weighted by Crippen LogP contribution is -2.39. The Labute approximate surface area is 114 Å². The van der Waals surface area contributed by atoms with Crippen molar-refractivity contribution in [1.29, 1.82) is 0 Å². The van der Waals surface area contributed by atoms with Crippen LogP contribution in [0.1, 0.15) is 20.3 Å². The molecule has 2 atom stereocenters.